The zero-order valence-electron chi connectivity index (χ0n) is 10.7. The lowest BCUT2D eigenvalue weighted by Gasteiger charge is -2.11. The van der Waals surface area contributed by atoms with Crippen molar-refractivity contribution in [1.29, 1.82) is 0 Å². The zero-order chi connectivity index (χ0) is 14.6. The molecule has 0 unspecified atom stereocenters. The summed E-state index contributed by atoms with van der Waals surface area (Å²) in [5, 5.41) is 9.44. The molecule has 0 bridgehead atoms. The number of nitrogens with one attached hydrogen (secondary N) is 2. The van der Waals surface area contributed by atoms with Crippen molar-refractivity contribution in [2.24, 2.45) is 0 Å². The Morgan fingerprint density at radius 3 is 2.60 bits per heavy atom. The average molecular weight is 302 g/mol. The van der Waals surface area contributed by atoms with Gasteiger partial charge in [-0.25, -0.2) is 9.97 Å². The molecule has 108 valence electrons. The van der Waals surface area contributed by atoms with E-state index in [0.717, 1.165) is 12.0 Å². The molecule has 0 aliphatic heterocycles. The molecular weight excluding hydrogens is 289 g/mol. The van der Waals surface area contributed by atoms with Crippen LogP contribution in [-0.2, 0) is 12.6 Å². The first-order chi connectivity index (χ1) is 9.49. The Morgan fingerprint density at radius 2 is 2.00 bits per heavy atom. The van der Waals surface area contributed by atoms with Gasteiger partial charge in [0.2, 0.25) is 5.82 Å². The Labute approximate surface area is 118 Å². The van der Waals surface area contributed by atoms with Gasteiger partial charge in [-0.2, -0.15) is 24.5 Å². The second kappa shape index (κ2) is 6.08. The number of aromatic nitrogens is 2. The van der Waals surface area contributed by atoms with Crippen molar-refractivity contribution in [3.8, 4) is 0 Å². The van der Waals surface area contributed by atoms with Crippen molar-refractivity contribution in [2.45, 2.75) is 12.6 Å². The largest absolute Gasteiger partial charge is 0.451 e. The van der Waals surface area contributed by atoms with E-state index in [1.807, 2.05) is 16.8 Å². The Bertz CT molecular complexity index is 554. The summed E-state index contributed by atoms with van der Waals surface area (Å²) in [5.41, 5.74) is 1.14. The van der Waals surface area contributed by atoms with E-state index in [-0.39, 0.29) is 11.6 Å². The maximum absolute atomic E-state index is 12.7. The third-order valence-electron chi connectivity index (χ3n) is 2.54. The lowest BCUT2D eigenvalue weighted by Crippen LogP contribution is -2.15. The van der Waals surface area contributed by atoms with Crippen LogP contribution < -0.4 is 10.6 Å². The van der Waals surface area contributed by atoms with Crippen molar-refractivity contribution in [3.05, 3.63) is 34.3 Å². The summed E-state index contributed by atoms with van der Waals surface area (Å²) in [6.45, 7) is 0.508. The number of hydrogen-bond acceptors (Lipinski definition) is 5. The average Bonchev–Trinajstić information content (AvgIpc) is 2.90. The van der Waals surface area contributed by atoms with E-state index in [0.29, 0.717) is 6.54 Å². The molecule has 0 aliphatic carbocycles. The van der Waals surface area contributed by atoms with E-state index in [1.54, 1.807) is 11.3 Å². The molecule has 8 heteroatoms. The van der Waals surface area contributed by atoms with Crippen LogP contribution in [0.5, 0.6) is 0 Å². The van der Waals surface area contributed by atoms with E-state index < -0.39 is 12.0 Å². The van der Waals surface area contributed by atoms with E-state index in [4.69, 9.17) is 0 Å². The van der Waals surface area contributed by atoms with Crippen LogP contribution in [0.3, 0.4) is 0 Å². The minimum atomic E-state index is -4.56. The highest BCUT2D eigenvalue weighted by Gasteiger charge is 2.35. The van der Waals surface area contributed by atoms with Crippen molar-refractivity contribution >= 4 is 23.0 Å². The number of thiophene rings is 1. The summed E-state index contributed by atoms with van der Waals surface area (Å²) >= 11 is 1.59. The van der Waals surface area contributed by atoms with Crippen LogP contribution in [0.25, 0.3) is 0 Å². The van der Waals surface area contributed by atoms with E-state index in [9.17, 15) is 13.2 Å². The normalized spacial score (nSPS) is 11.4. The summed E-state index contributed by atoms with van der Waals surface area (Å²) in [7, 11) is 1.51. The van der Waals surface area contributed by atoms with Crippen LogP contribution in [-0.4, -0.2) is 23.6 Å². The Hall–Kier alpha value is -1.83. The van der Waals surface area contributed by atoms with Gasteiger partial charge in [0, 0.05) is 19.7 Å². The lowest BCUT2D eigenvalue weighted by molar-refractivity contribution is -0.144. The standard InChI is InChI=1S/C12H13F3N4S/c1-16-9-6-10(19-11(18-9)12(13,14)15)17-4-2-8-3-5-20-7-8/h3,5-7H,2,4H2,1H3,(H2,16,17,18,19). The van der Waals surface area contributed by atoms with Gasteiger partial charge in [-0.15, -0.1) is 0 Å². The maximum Gasteiger partial charge on any atom is 0.451 e. The predicted octanol–water partition coefficient (Wildman–Crippen LogP) is 3.25. The third-order valence-corrected chi connectivity index (χ3v) is 3.27. The zero-order valence-corrected chi connectivity index (χ0v) is 11.5. The second-order valence-corrected chi connectivity index (χ2v) is 4.80. The molecule has 0 fully saturated rings. The molecule has 0 saturated heterocycles. The molecule has 0 amide bonds. The van der Waals surface area contributed by atoms with Gasteiger partial charge in [-0.05, 0) is 28.8 Å². The molecule has 0 spiro atoms. The fraction of sp³-hybridized carbons (Fsp3) is 0.333. The molecule has 2 N–H and O–H groups in total. The summed E-state index contributed by atoms with van der Waals surface area (Å²) < 4.78 is 38.0. The molecule has 0 radical (unpaired) electrons. The van der Waals surface area contributed by atoms with Gasteiger partial charge in [-0.1, -0.05) is 0 Å². The Morgan fingerprint density at radius 1 is 1.25 bits per heavy atom. The van der Waals surface area contributed by atoms with Crippen LogP contribution in [0.2, 0.25) is 0 Å². The molecule has 0 saturated carbocycles. The van der Waals surface area contributed by atoms with Crippen LogP contribution in [0.1, 0.15) is 11.4 Å². The SMILES string of the molecule is CNc1cc(NCCc2ccsc2)nc(C(F)(F)F)n1. The first kappa shape index (κ1) is 14.6. The summed E-state index contributed by atoms with van der Waals surface area (Å²) in [4.78, 5) is 6.88. The van der Waals surface area contributed by atoms with Gasteiger partial charge < -0.3 is 10.6 Å². The van der Waals surface area contributed by atoms with E-state index in [1.165, 1.54) is 13.1 Å². The molecule has 0 atom stereocenters. The maximum atomic E-state index is 12.7. The smallest absolute Gasteiger partial charge is 0.373 e. The number of rotatable bonds is 5. The van der Waals surface area contributed by atoms with Gasteiger partial charge in [0.1, 0.15) is 11.6 Å². The highest BCUT2D eigenvalue weighted by atomic mass is 32.1. The first-order valence-electron chi connectivity index (χ1n) is 5.88. The highest BCUT2D eigenvalue weighted by Crippen LogP contribution is 2.28. The summed E-state index contributed by atoms with van der Waals surface area (Å²) in [6, 6.07) is 3.43. The number of nitrogens with zero attached hydrogens (tertiary/aromatic N) is 2. The predicted molar refractivity (Wildman–Crippen MR) is 73.1 cm³/mol. The van der Waals surface area contributed by atoms with Crippen LogP contribution >= 0.6 is 11.3 Å². The molecule has 2 aromatic heterocycles. The van der Waals surface area contributed by atoms with Crippen LogP contribution in [0.15, 0.2) is 22.9 Å². The van der Waals surface area contributed by atoms with Crippen LogP contribution in [0.4, 0.5) is 24.8 Å². The number of alkyl halides is 3. The molecule has 4 nitrogen and oxygen atoms in total. The van der Waals surface area contributed by atoms with Crippen molar-refractivity contribution in [1.82, 2.24) is 9.97 Å². The van der Waals surface area contributed by atoms with Gasteiger partial charge >= 0.3 is 6.18 Å². The van der Waals surface area contributed by atoms with Gasteiger partial charge in [0.25, 0.3) is 0 Å². The minimum Gasteiger partial charge on any atom is -0.373 e. The first-order valence-corrected chi connectivity index (χ1v) is 6.82. The topological polar surface area (TPSA) is 49.8 Å². The van der Waals surface area contributed by atoms with E-state index in [2.05, 4.69) is 20.6 Å². The number of anilines is 2. The number of halogens is 3. The van der Waals surface area contributed by atoms with Crippen molar-refractivity contribution in [2.75, 3.05) is 24.2 Å². The fourth-order valence-corrected chi connectivity index (χ4v) is 2.27. The molecule has 20 heavy (non-hydrogen) atoms. The Balaban J connectivity index is 2.06. The highest BCUT2D eigenvalue weighted by molar-refractivity contribution is 7.07. The number of hydrogen-bond donors (Lipinski definition) is 2. The van der Waals surface area contributed by atoms with E-state index >= 15 is 0 Å². The lowest BCUT2D eigenvalue weighted by atomic mass is 10.2. The summed E-state index contributed by atoms with van der Waals surface area (Å²) in [5.74, 6) is -0.861. The molecule has 0 aromatic carbocycles. The molecule has 0 aliphatic rings. The van der Waals surface area contributed by atoms with Gasteiger partial charge in [-0.3, -0.25) is 0 Å². The third kappa shape index (κ3) is 3.83. The second-order valence-electron chi connectivity index (χ2n) is 4.02. The quantitative estimate of drug-likeness (QED) is 0.890. The van der Waals surface area contributed by atoms with Gasteiger partial charge in [0.05, 0.1) is 0 Å². The molecule has 2 aromatic rings. The Kier molecular flexibility index (Phi) is 4.43. The fourth-order valence-electron chi connectivity index (χ4n) is 1.56. The molecule has 2 heterocycles. The van der Waals surface area contributed by atoms with Gasteiger partial charge in [0.15, 0.2) is 0 Å². The minimum absolute atomic E-state index is 0.130. The summed E-state index contributed by atoms with van der Waals surface area (Å²) in [6.07, 6.45) is -3.83. The van der Waals surface area contributed by atoms with Crippen molar-refractivity contribution in [3.63, 3.8) is 0 Å². The monoisotopic (exact) mass is 302 g/mol. The van der Waals surface area contributed by atoms with Crippen molar-refractivity contribution < 1.29 is 13.2 Å². The van der Waals surface area contributed by atoms with Crippen LogP contribution in [0, 0.1) is 0 Å². The molecular formula is C12H13F3N4S. The molecule has 2 rings (SSSR count).